The van der Waals surface area contributed by atoms with Crippen molar-refractivity contribution >= 4 is 11.8 Å². The normalized spacial score (nSPS) is 16.9. The monoisotopic (exact) mass is 369 g/mol. The predicted octanol–water partition coefficient (Wildman–Crippen LogP) is 3.04. The standard InChI is InChI=1S/C21H24FN3O2/c1-14-10-18(16-5-7-19(22)8-6-16)11-20(24-14)17-4-3-9-25(13-17)21(27)12-23-15(2)26/h5-8,10-11,17H,3-4,9,12-13H2,1-2H3,(H,23,26). The zero-order chi connectivity index (χ0) is 19.4. The number of benzene rings is 1. The van der Waals surface area contributed by atoms with Crippen LogP contribution in [0.4, 0.5) is 4.39 Å². The summed E-state index contributed by atoms with van der Waals surface area (Å²) in [5.74, 6) is -0.382. The first kappa shape index (κ1) is 19.0. The summed E-state index contributed by atoms with van der Waals surface area (Å²) in [7, 11) is 0. The molecule has 1 N–H and O–H groups in total. The number of piperidine rings is 1. The van der Waals surface area contributed by atoms with Crippen molar-refractivity contribution in [2.24, 2.45) is 0 Å². The van der Waals surface area contributed by atoms with Gasteiger partial charge in [0.05, 0.1) is 6.54 Å². The molecule has 2 aromatic rings. The number of rotatable bonds is 4. The lowest BCUT2D eigenvalue weighted by Crippen LogP contribution is -2.44. The van der Waals surface area contributed by atoms with E-state index in [9.17, 15) is 14.0 Å². The predicted molar refractivity (Wildman–Crippen MR) is 102 cm³/mol. The minimum atomic E-state index is -0.259. The number of halogens is 1. The second kappa shape index (κ2) is 8.29. The Morgan fingerprint density at radius 2 is 1.96 bits per heavy atom. The molecule has 27 heavy (non-hydrogen) atoms. The van der Waals surface area contributed by atoms with Gasteiger partial charge in [-0.3, -0.25) is 14.6 Å². The third-order valence-corrected chi connectivity index (χ3v) is 4.83. The fraction of sp³-hybridized carbons (Fsp3) is 0.381. The van der Waals surface area contributed by atoms with Crippen LogP contribution < -0.4 is 5.32 Å². The average molecular weight is 369 g/mol. The van der Waals surface area contributed by atoms with Gasteiger partial charge < -0.3 is 10.2 Å². The molecule has 2 heterocycles. The smallest absolute Gasteiger partial charge is 0.241 e. The summed E-state index contributed by atoms with van der Waals surface area (Å²) >= 11 is 0. The van der Waals surface area contributed by atoms with Crippen LogP contribution in [0.1, 0.15) is 37.1 Å². The van der Waals surface area contributed by atoms with Crippen molar-refractivity contribution in [3.63, 3.8) is 0 Å². The molecular weight excluding hydrogens is 345 g/mol. The van der Waals surface area contributed by atoms with Crippen molar-refractivity contribution in [3.8, 4) is 11.1 Å². The summed E-state index contributed by atoms with van der Waals surface area (Å²) in [6.07, 6.45) is 1.86. The van der Waals surface area contributed by atoms with Gasteiger partial charge in [-0.2, -0.15) is 0 Å². The van der Waals surface area contributed by atoms with Crippen LogP contribution in [0.2, 0.25) is 0 Å². The Hall–Kier alpha value is -2.76. The maximum absolute atomic E-state index is 13.2. The Balaban J connectivity index is 1.78. The fourth-order valence-electron chi connectivity index (χ4n) is 3.47. The largest absolute Gasteiger partial charge is 0.347 e. The van der Waals surface area contributed by atoms with Crippen LogP contribution in [0.3, 0.4) is 0 Å². The second-order valence-electron chi connectivity index (χ2n) is 7.02. The van der Waals surface area contributed by atoms with E-state index >= 15 is 0 Å². The number of carbonyl (C=O) groups is 2. The highest BCUT2D eigenvalue weighted by Crippen LogP contribution is 2.29. The van der Waals surface area contributed by atoms with Gasteiger partial charge in [-0.05, 0) is 55.2 Å². The molecule has 1 aromatic heterocycles. The van der Waals surface area contributed by atoms with Crippen LogP contribution in [0, 0.1) is 12.7 Å². The zero-order valence-electron chi connectivity index (χ0n) is 15.7. The lowest BCUT2D eigenvalue weighted by atomic mass is 9.92. The number of likely N-dealkylation sites (tertiary alicyclic amines) is 1. The van der Waals surface area contributed by atoms with E-state index in [1.54, 1.807) is 17.0 Å². The van der Waals surface area contributed by atoms with Crippen molar-refractivity contribution in [2.45, 2.75) is 32.6 Å². The summed E-state index contributed by atoms with van der Waals surface area (Å²) in [6, 6.07) is 10.4. The molecule has 2 amide bonds. The average Bonchev–Trinajstić information content (AvgIpc) is 2.66. The van der Waals surface area contributed by atoms with Gasteiger partial charge in [0.15, 0.2) is 0 Å². The molecule has 3 rings (SSSR count). The number of pyridine rings is 1. The molecule has 0 aliphatic carbocycles. The minimum absolute atomic E-state index is 0.0319. The van der Waals surface area contributed by atoms with E-state index in [1.807, 2.05) is 19.1 Å². The van der Waals surface area contributed by atoms with Crippen LogP contribution in [0.25, 0.3) is 11.1 Å². The van der Waals surface area contributed by atoms with Gasteiger partial charge >= 0.3 is 0 Å². The number of aryl methyl sites for hydroxylation is 1. The zero-order valence-corrected chi connectivity index (χ0v) is 15.7. The molecule has 6 heteroatoms. The molecule has 1 fully saturated rings. The summed E-state index contributed by atoms with van der Waals surface area (Å²) in [5, 5.41) is 2.57. The molecule has 5 nitrogen and oxygen atoms in total. The molecule has 1 aliphatic rings. The molecule has 0 bridgehead atoms. The van der Waals surface area contributed by atoms with Crippen molar-refractivity contribution < 1.29 is 14.0 Å². The SMILES string of the molecule is CC(=O)NCC(=O)N1CCCC(c2cc(-c3ccc(F)cc3)cc(C)n2)C1. The van der Waals surface area contributed by atoms with E-state index in [0.717, 1.165) is 35.4 Å². The first-order valence-electron chi connectivity index (χ1n) is 9.19. The molecule has 0 radical (unpaired) electrons. The minimum Gasteiger partial charge on any atom is -0.347 e. The van der Waals surface area contributed by atoms with Gasteiger partial charge in [-0.15, -0.1) is 0 Å². The Kier molecular flexibility index (Phi) is 5.84. The van der Waals surface area contributed by atoms with Crippen LogP contribution in [-0.4, -0.2) is 41.3 Å². The van der Waals surface area contributed by atoms with Gasteiger partial charge in [0.25, 0.3) is 0 Å². The number of carbonyl (C=O) groups excluding carboxylic acids is 2. The highest BCUT2D eigenvalue weighted by atomic mass is 19.1. The molecule has 1 unspecified atom stereocenters. The maximum Gasteiger partial charge on any atom is 0.241 e. The molecule has 1 atom stereocenters. The molecule has 1 aliphatic heterocycles. The van der Waals surface area contributed by atoms with E-state index in [-0.39, 0.29) is 30.1 Å². The highest BCUT2D eigenvalue weighted by Gasteiger charge is 2.26. The van der Waals surface area contributed by atoms with E-state index in [0.29, 0.717) is 13.1 Å². The van der Waals surface area contributed by atoms with E-state index in [2.05, 4.69) is 10.3 Å². The Morgan fingerprint density at radius 1 is 1.22 bits per heavy atom. The highest BCUT2D eigenvalue weighted by molar-refractivity contribution is 5.83. The van der Waals surface area contributed by atoms with Crippen molar-refractivity contribution in [3.05, 3.63) is 53.6 Å². The number of nitrogens with one attached hydrogen (secondary N) is 1. The Morgan fingerprint density at radius 3 is 2.67 bits per heavy atom. The number of hydrogen-bond acceptors (Lipinski definition) is 3. The molecule has 1 saturated heterocycles. The van der Waals surface area contributed by atoms with Crippen LogP contribution in [0.5, 0.6) is 0 Å². The summed E-state index contributed by atoms with van der Waals surface area (Å²) in [6.45, 7) is 4.67. The fourth-order valence-corrected chi connectivity index (χ4v) is 3.47. The van der Waals surface area contributed by atoms with Gasteiger partial charge in [0.1, 0.15) is 5.82 Å². The maximum atomic E-state index is 13.2. The summed E-state index contributed by atoms with van der Waals surface area (Å²) < 4.78 is 13.2. The quantitative estimate of drug-likeness (QED) is 0.901. The molecule has 1 aromatic carbocycles. The van der Waals surface area contributed by atoms with Gasteiger partial charge in [-0.25, -0.2) is 4.39 Å². The van der Waals surface area contributed by atoms with E-state index < -0.39 is 0 Å². The number of amides is 2. The topological polar surface area (TPSA) is 62.3 Å². The molecule has 142 valence electrons. The third kappa shape index (κ3) is 4.90. The van der Waals surface area contributed by atoms with Gasteiger partial charge in [-0.1, -0.05) is 12.1 Å². The van der Waals surface area contributed by atoms with Crippen LogP contribution in [0.15, 0.2) is 36.4 Å². The summed E-state index contributed by atoms with van der Waals surface area (Å²) in [4.78, 5) is 29.8. The Labute approximate surface area is 158 Å². The molecular formula is C21H24FN3O2. The molecule has 0 spiro atoms. The van der Waals surface area contributed by atoms with Crippen molar-refractivity contribution in [1.29, 1.82) is 0 Å². The van der Waals surface area contributed by atoms with Crippen molar-refractivity contribution in [2.75, 3.05) is 19.6 Å². The first-order valence-corrected chi connectivity index (χ1v) is 9.19. The van der Waals surface area contributed by atoms with Crippen LogP contribution >= 0.6 is 0 Å². The van der Waals surface area contributed by atoms with Crippen LogP contribution in [-0.2, 0) is 9.59 Å². The number of hydrogen-bond donors (Lipinski definition) is 1. The second-order valence-corrected chi connectivity index (χ2v) is 7.02. The van der Waals surface area contributed by atoms with E-state index in [4.69, 9.17) is 0 Å². The number of aromatic nitrogens is 1. The summed E-state index contributed by atoms with van der Waals surface area (Å²) in [5.41, 5.74) is 3.79. The lowest BCUT2D eigenvalue weighted by Gasteiger charge is -2.33. The Bertz CT molecular complexity index is 836. The van der Waals surface area contributed by atoms with Gasteiger partial charge in [0, 0.05) is 37.3 Å². The number of nitrogens with zero attached hydrogens (tertiary/aromatic N) is 2. The first-order chi connectivity index (χ1) is 12.9. The van der Waals surface area contributed by atoms with E-state index in [1.165, 1.54) is 19.1 Å². The van der Waals surface area contributed by atoms with Gasteiger partial charge in [0.2, 0.25) is 11.8 Å². The molecule has 0 saturated carbocycles. The van der Waals surface area contributed by atoms with Crippen molar-refractivity contribution in [1.82, 2.24) is 15.2 Å². The third-order valence-electron chi connectivity index (χ3n) is 4.83. The lowest BCUT2D eigenvalue weighted by molar-refractivity contribution is -0.133.